The van der Waals surface area contributed by atoms with Gasteiger partial charge in [0.25, 0.3) is 0 Å². The summed E-state index contributed by atoms with van der Waals surface area (Å²) in [7, 11) is 3.44. The van der Waals surface area contributed by atoms with Crippen LogP contribution in [0, 0.1) is 0 Å². The average Bonchev–Trinajstić information content (AvgIpc) is 3.15. The van der Waals surface area contributed by atoms with Crippen LogP contribution in [0.4, 0.5) is 11.6 Å². The van der Waals surface area contributed by atoms with Crippen molar-refractivity contribution in [3.63, 3.8) is 0 Å². The van der Waals surface area contributed by atoms with E-state index in [1.54, 1.807) is 43.3 Å². The van der Waals surface area contributed by atoms with Crippen molar-refractivity contribution in [2.45, 2.75) is 0 Å². The van der Waals surface area contributed by atoms with Crippen LogP contribution in [0.5, 0.6) is 0 Å². The molecule has 0 amide bonds. The van der Waals surface area contributed by atoms with E-state index in [9.17, 15) is 9.59 Å². The molecule has 0 saturated heterocycles. The molecule has 0 spiro atoms. The number of hydrogen-bond donors (Lipinski definition) is 2. The fraction of sp³-hybridized carbons (Fsp3) is 0.143. The van der Waals surface area contributed by atoms with Crippen molar-refractivity contribution >= 4 is 11.6 Å². The van der Waals surface area contributed by atoms with Gasteiger partial charge in [-0.25, -0.2) is 0 Å². The zero-order chi connectivity index (χ0) is 17.1. The van der Waals surface area contributed by atoms with Crippen LogP contribution in [0.1, 0.15) is 0 Å². The van der Waals surface area contributed by atoms with Gasteiger partial charge >= 0.3 is 0 Å². The first-order chi connectivity index (χ1) is 11.6. The fourth-order valence-corrected chi connectivity index (χ4v) is 1.93. The van der Waals surface area contributed by atoms with Crippen LogP contribution in [-0.2, 0) is 14.1 Å². The molecule has 122 valence electrons. The Hall–Kier alpha value is -3.56. The van der Waals surface area contributed by atoms with Crippen molar-refractivity contribution in [3.8, 4) is 0 Å². The molecule has 0 unspecified atom stereocenters. The van der Waals surface area contributed by atoms with Gasteiger partial charge in [0.1, 0.15) is 17.0 Å². The molecular formula is C14H14N8O2. The van der Waals surface area contributed by atoms with Crippen LogP contribution >= 0.6 is 0 Å². The summed E-state index contributed by atoms with van der Waals surface area (Å²) in [5, 5.41) is 15.7. The molecule has 1 aromatic carbocycles. The highest BCUT2D eigenvalue weighted by Crippen LogP contribution is 2.02. The van der Waals surface area contributed by atoms with Crippen molar-refractivity contribution in [2.24, 2.45) is 24.3 Å². The molecule has 2 aromatic heterocycles. The molecule has 0 aliphatic carbocycles. The second kappa shape index (κ2) is 6.28. The van der Waals surface area contributed by atoms with Gasteiger partial charge in [0.2, 0.25) is 10.9 Å². The number of aromatic nitrogens is 4. The molecular weight excluding hydrogens is 312 g/mol. The fourth-order valence-electron chi connectivity index (χ4n) is 1.93. The van der Waals surface area contributed by atoms with Gasteiger partial charge in [-0.2, -0.15) is 20.4 Å². The standard InChI is InChI=1S/C14H14N8O2/c1-21-11(5-7-15-21)18-17-9-3-4-10(23)13(14(9)24)20-19-12-6-8-16-22(12)2/h3-8,18-19H,1-2H3. The maximum Gasteiger partial charge on any atom is 0.237 e. The molecule has 2 N–H and O–H groups in total. The Morgan fingerprint density at radius 1 is 0.875 bits per heavy atom. The number of hydrogen-bond acceptors (Lipinski definition) is 8. The normalized spacial score (nSPS) is 12.6. The molecule has 0 fully saturated rings. The average molecular weight is 326 g/mol. The van der Waals surface area contributed by atoms with Gasteiger partial charge in [-0.3, -0.25) is 29.8 Å². The summed E-state index contributed by atoms with van der Waals surface area (Å²) in [5.41, 5.74) is 4.30. The van der Waals surface area contributed by atoms with Gasteiger partial charge < -0.3 is 0 Å². The Morgan fingerprint density at radius 3 is 2.00 bits per heavy atom. The minimum Gasteiger partial charge on any atom is -0.287 e. The van der Waals surface area contributed by atoms with E-state index in [4.69, 9.17) is 0 Å². The zero-order valence-electron chi connectivity index (χ0n) is 13.0. The van der Waals surface area contributed by atoms with E-state index >= 15 is 0 Å². The topological polar surface area (TPSA) is 119 Å². The van der Waals surface area contributed by atoms with Crippen LogP contribution in [0.25, 0.3) is 0 Å². The summed E-state index contributed by atoms with van der Waals surface area (Å²) < 4.78 is 3.09. The maximum absolute atomic E-state index is 12.4. The Balaban J connectivity index is 1.99. The maximum atomic E-state index is 12.4. The Kier molecular flexibility index (Phi) is 4.01. The van der Waals surface area contributed by atoms with Crippen LogP contribution in [0.3, 0.4) is 0 Å². The molecule has 0 radical (unpaired) electrons. The number of benzene rings is 1. The number of anilines is 2. The van der Waals surface area contributed by atoms with Gasteiger partial charge in [-0.15, -0.1) is 0 Å². The van der Waals surface area contributed by atoms with E-state index in [1.165, 1.54) is 16.8 Å². The zero-order valence-corrected chi connectivity index (χ0v) is 13.0. The van der Waals surface area contributed by atoms with E-state index in [0.29, 0.717) is 11.6 Å². The summed E-state index contributed by atoms with van der Waals surface area (Å²) in [5.74, 6) is 1.15. The van der Waals surface area contributed by atoms with Gasteiger partial charge in [0.05, 0.1) is 12.4 Å². The first-order valence-corrected chi connectivity index (χ1v) is 6.97. The van der Waals surface area contributed by atoms with Gasteiger partial charge in [0, 0.05) is 26.2 Å². The second-order valence-electron chi connectivity index (χ2n) is 4.89. The highest BCUT2D eigenvalue weighted by atomic mass is 16.1. The minimum absolute atomic E-state index is 0.0707. The highest BCUT2D eigenvalue weighted by Gasteiger charge is 2.02. The summed E-state index contributed by atoms with van der Waals surface area (Å²) in [6.07, 6.45) is 3.16. The number of rotatable bonds is 4. The first-order valence-electron chi connectivity index (χ1n) is 6.97. The van der Waals surface area contributed by atoms with Crippen LogP contribution in [0.2, 0.25) is 0 Å². The second-order valence-corrected chi connectivity index (χ2v) is 4.89. The lowest BCUT2D eigenvalue weighted by Gasteiger charge is -1.99. The lowest BCUT2D eigenvalue weighted by Crippen LogP contribution is -2.48. The lowest BCUT2D eigenvalue weighted by atomic mass is 10.3. The monoisotopic (exact) mass is 326 g/mol. The van der Waals surface area contributed by atoms with E-state index < -0.39 is 10.9 Å². The van der Waals surface area contributed by atoms with Crippen molar-refractivity contribution in [1.29, 1.82) is 0 Å². The summed E-state index contributed by atoms with van der Waals surface area (Å²) in [6.45, 7) is 0. The largest absolute Gasteiger partial charge is 0.287 e. The van der Waals surface area contributed by atoms with Crippen molar-refractivity contribution in [2.75, 3.05) is 10.9 Å². The number of aryl methyl sites for hydroxylation is 2. The Morgan fingerprint density at radius 2 is 1.46 bits per heavy atom. The molecule has 0 aliphatic heterocycles. The van der Waals surface area contributed by atoms with Gasteiger partial charge in [0.15, 0.2) is 5.36 Å². The summed E-state index contributed by atoms with van der Waals surface area (Å²) in [4.78, 5) is 24.3. The smallest absolute Gasteiger partial charge is 0.237 e. The molecule has 3 aromatic rings. The number of nitrogens with one attached hydrogen (secondary N) is 2. The molecule has 10 nitrogen and oxygen atoms in total. The summed E-state index contributed by atoms with van der Waals surface area (Å²) >= 11 is 0. The third kappa shape index (κ3) is 2.97. The quantitative estimate of drug-likeness (QED) is 0.570. The third-order valence-corrected chi connectivity index (χ3v) is 3.29. The molecule has 0 aliphatic rings. The van der Waals surface area contributed by atoms with Crippen molar-refractivity contribution in [3.05, 3.63) is 67.8 Å². The minimum atomic E-state index is -0.577. The van der Waals surface area contributed by atoms with Crippen LogP contribution < -0.4 is 32.4 Å². The van der Waals surface area contributed by atoms with Crippen LogP contribution in [-0.4, -0.2) is 19.6 Å². The predicted octanol–water partition coefficient (Wildman–Crippen LogP) is -1.39. The SMILES string of the molecule is Cn1nccc1NN=c1ccc(=O)c(=NNc2ccnn2C)c1=O. The molecule has 24 heavy (non-hydrogen) atoms. The van der Waals surface area contributed by atoms with Gasteiger partial charge in [-0.1, -0.05) is 0 Å². The number of nitrogens with zero attached hydrogens (tertiary/aromatic N) is 6. The predicted molar refractivity (Wildman–Crippen MR) is 86.1 cm³/mol. The van der Waals surface area contributed by atoms with Gasteiger partial charge in [-0.05, 0) is 12.1 Å². The first kappa shape index (κ1) is 15.3. The molecule has 0 atom stereocenters. The van der Waals surface area contributed by atoms with E-state index in [2.05, 4.69) is 31.3 Å². The molecule has 3 rings (SSSR count). The Bertz CT molecular complexity index is 1080. The van der Waals surface area contributed by atoms with Crippen LogP contribution in [0.15, 0.2) is 56.5 Å². The molecule has 10 heteroatoms. The molecule has 0 bridgehead atoms. The van der Waals surface area contributed by atoms with E-state index in [1.807, 2.05) is 0 Å². The highest BCUT2D eigenvalue weighted by molar-refractivity contribution is 5.33. The molecule has 2 heterocycles. The third-order valence-electron chi connectivity index (χ3n) is 3.29. The van der Waals surface area contributed by atoms with Crippen molar-refractivity contribution in [1.82, 2.24) is 19.6 Å². The van der Waals surface area contributed by atoms with E-state index in [0.717, 1.165) is 0 Å². The van der Waals surface area contributed by atoms with Crippen molar-refractivity contribution < 1.29 is 0 Å². The lowest BCUT2D eigenvalue weighted by molar-refractivity contribution is 0.769. The van der Waals surface area contributed by atoms with E-state index in [-0.39, 0.29) is 10.7 Å². The molecule has 0 saturated carbocycles. The Labute approximate surface area is 135 Å². The summed E-state index contributed by atoms with van der Waals surface area (Å²) in [6, 6.07) is 5.95.